The van der Waals surface area contributed by atoms with Crippen molar-refractivity contribution in [1.29, 1.82) is 0 Å². The number of aromatic hydroxyl groups is 1. The summed E-state index contributed by atoms with van der Waals surface area (Å²) < 4.78 is 5.25. The Morgan fingerprint density at radius 2 is 2.06 bits per heavy atom. The van der Waals surface area contributed by atoms with Gasteiger partial charge in [-0.15, -0.1) is 6.58 Å². The highest BCUT2D eigenvalue weighted by Crippen LogP contribution is 2.09. The van der Waals surface area contributed by atoms with Gasteiger partial charge >= 0.3 is 0 Å². The number of amides is 1. The maximum atomic E-state index is 11.6. The van der Waals surface area contributed by atoms with Crippen molar-refractivity contribution in [2.24, 2.45) is 0 Å². The number of hydrogen-bond acceptors (Lipinski definition) is 3. The van der Waals surface area contributed by atoms with Gasteiger partial charge in [0.15, 0.2) is 0 Å². The molecule has 0 aliphatic carbocycles. The van der Waals surface area contributed by atoms with E-state index in [9.17, 15) is 4.79 Å². The highest BCUT2D eigenvalue weighted by atomic mass is 16.5. The number of benzene rings is 1. The van der Waals surface area contributed by atoms with Crippen LogP contribution in [0.1, 0.15) is 16.8 Å². The summed E-state index contributed by atoms with van der Waals surface area (Å²) in [5.74, 6) is -0.0216. The van der Waals surface area contributed by atoms with E-state index in [2.05, 4.69) is 11.9 Å². The van der Waals surface area contributed by atoms with Crippen LogP contribution in [0.25, 0.3) is 0 Å². The zero-order chi connectivity index (χ0) is 12.5. The second-order valence-electron chi connectivity index (χ2n) is 3.49. The molecule has 0 saturated carbocycles. The third kappa shape index (κ3) is 5.17. The molecule has 0 aliphatic rings. The van der Waals surface area contributed by atoms with E-state index in [0.717, 1.165) is 6.42 Å². The second kappa shape index (κ2) is 7.46. The van der Waals surface area contributed by atoms with E-state index in [1.54, 1.807) is 18.2 Å². The van der Waals surface area contributed by atoms with Gasteiger partial charge in [-0.1, -0.05) is 6.08 Å². The molecule has 0 radical (unpaired) electrons. The molecule has 1 aromatic carbocycles. The lowest BCUT2D eigenvalue weighted by Crippen LogP contribution is -2.27. The fraction of sp³-hybridized carbons (Fsp3) is 0.308. The highest BCUT2D eigenvalue weighted by Gasteiger charge is 2.03. The maximum Gasteiger partial charge on any atom is 0.251 e. The van der Waals surface area contributed by atoms with Crippen LogP contribution in [0.5, 0.6) is 5.75 Å². The molecule has 0 spiro atoms. The van der Waals surface area contributed by atoms with Gasteiger partial charge in [-0.2, -0.15) is 0 Å². The molecule has 0 fully saturated rings. The standard InChI is InChI=1S/C13H17NO3/c1-2-3-9-17-10-8-14-13(16)11-4-6-12(15)7-5-11/h2,4-7,15H,1,3,8-10H2,(H,14,16). The van der Waals surface area contributed by atoms with Crippen LogP contribution in [-0.2, 0) is 4.74 Å². The Hall–Kier alpha value is -1.81. The maximum absolute atomic E-state index is 11.6. The first-order chi connectivity index (χ1) is 8.24. The van der Waals surface area contributed by atoms with Gasteiger partial charge in [-0.05, 0) is 30.7 Å². The third-order valence-electron chi connectivity index (χ3n) is 2.13. The molecule has 0 aliphatic heterocycles. The Morgan fingerprint density at radius 1 is 1.35 bits per heavy atom. The molecular weight excluding hydrogens is 218 g/mol. The molecule has 4 heteroatoms. The summed E-state index contributed by atoms with van der Waals surface area (Å²) in [5.41, 5.74) is 0.522. The van der Waals surface area contributed by atoms with Crippen LogP contribution in [0.4, 0.5) is 0 Å². The Labute approximate surface area is 101 Å². The number of carbonyl (C=O) groups is 1. The van der Waals surface area contributed by atoms with Gasteiger partial charge in [-0.25, -0.2) is 0 Å². The van der Waals surface area contributed by atoms with E-state index < -0.39 is 0 Å². The molecule has 2 N–H and O–H groups in total. The summed E-state index contributed by atoms with van der Waals surface area (Å²) >= 11 is 0. The van der Waals surface area contributed by atoms with Gasteiger partial charge in [0, 0.05) is 12.1 Å². The smallest absolute Gasteiger partial charge is 0.251 e. The topological polar surface area (TPSA) is 58.6 Å². The van der Waals surface area contributed by atoms with Crippen LogP contribution in [0.3, 0.4) is 0 Å². The molecule has 4 nitrogen and oxygen atoms in total. The Bertz CT molecular complexity index is 359. The van der Waals surface area contributed by atoms with Crippen LogP contribution < -0.4 is 5.32 Å². The zero-order valence-corrected chi connectivity index (χ0v) is 9.69. The van der Waals surface area contributed by atoms with Crippen molar-refractivity contribution < 1.29 is 14.6 Å². The second-order valence-corrected chi connectivity index (χ2v) is 3.49. The van der Waals surface area contributed by atoms with Gasteiger partial charge in [0.05, 0.1) is 13.2 Å². The molecule has 0 heterocycles. The van der Waals surface area contributed by atoms with Gasteiger partial charge in [0.1, 0.15) is 5.75 Å². The van der Waals surface area contributed by atoms with E-state index in [-0.39, 0.29) is 11.7 Å². The fourth-order valence-electron chi connectivity index (χ4n) is 1.22. The van der Waals surface area contributed by atoms with Gasteiger partial charge < -0.3 is 15.2 Å². The molecule has 1 aromatic rings. The summed E-state index contributed by atoms with van der Waals surface area (Å²) in [6.07, 6.45) is 2.60. The van der Waals surface area contributed by atoms with Crippen LogP contribution in [0.2, 0.25) is 0 Å². The SMILES string of the molecule is C=CCCOCCNC(=O)c1ccc(O)cc1. The van der Waals surface area contributed by atoms with E-state index in [1.807, 2.05) is 0 Å². The van der Waals surface area contributed by atoms with Crippen LogP contribution in [0, 0.1) is 0 Å². The van der Waals surface area contributed by atoms with Crippen LogP contribution >= 0.6 is 0 Å². The van der Waals surface area contributed by atoms with Crippen LogP contribution in [-0.4, -0.2) is 30.8 Å². The molecule has 0 atom stereocenters. The molecule has 0 unspecified atom stereocenters. The third-order valence-corrected chi connectivity index (χ3v) is 2.13. The number of phenols is 1. The molecule has 1 rings (SSSR count). The molecule has 0 aromatic heterocycles. The molecule has 0 saturated heterocycles. The van der Waals surface area contributed by atoms with Crippen LogP contribution in [0.15, 0.2) is 36.9 Å². The number of phenolic OH excluding ortho intramolecular Hbond substituents is 1. The minimum absolute atomic E-state index is 0.148. The fourth-order valence-corrected chi connectivity index (χ4v) is 1.22. The predicted octanol–water partition coefficient (Wildman–Crippen LogP) is 1.71. The van der Waals surface area contributed by atoms with Crippen molar-refractivity contribution in [2.75, 3.05) is 19.8 Å². The Morgan fingerprint density at radius 3 is 2.71 bits per heavy atom. The Kier molecular flexibility index (Phi) is 5.82. The first-order valence-corrected chi connectivity index (χ1v) is 5.50. The van der Waals surface area contributed by atoms with Gasteiger partial charge in [0.25, 0.3) is 5.91 Å². The number of carbonyl (C=O) groups excluding carboxylic acids is 1. The summed E-state index contributed by atoms with van der Waals surface area (Å²) in [7, 11) is 0. The van der Waals surface area contributed by atoms with Crippen molar-refractivity contribution in [1.82, 2.24) is 5.32 Å². The summed E-state index contributed by atoms with van der Waals surface area (Å²) in [6.45, 7) is 5.16. The van der Waals surface area contributed by atoms with Crippen molar-refractivity contribution in [3.63, 3.8) is 0 Å². The van der Waals surface area contributed by atoms with E-state index in [4.69, 9.17) is 9.84 Å². The summed E-state index contributed by atoms with van der Waals surface area (Å²) in [5, 5.41) is 11.8. The lowest BCUT2D eigenvalue weighted by Gasteiger charge is -2.05. The lowest BCUT2D eigenvalue weighted by atomic mass is 10.2. The minimum Gasteiger partial charge on any atom is -0.508 e. The van der Waals surface area contributed by atoms with Crippen molar-refractivity contribution in [2.45, 2.75) is 6.42 Å². The highest BCUT2D eigenvalue weighted by molar-refractivity contribution is 5.94. The molecular formula is C13H17NO3. The van der Waals surface area contributed by atoms with Crippen molar-refractivity contribution >= 4 is 5.91 Å². The monoisotopic (exact) mass is 235 g/mol. The van der Waals surface area contributed by atoms with Crippen molar-refractivity contribution in [3.8, 4) is 5.75 Å². The zero-order valence-electron chi connectivity index (χ0n) is 9.69. The quantitative estimate of drug-likeness (QED) is 0.559. The largest absolute Gasteiger partial charge is 0.508 e. The first kappa shape index (κ1) is 13.3. The van der Waals surface area contributed by atoms with Gasteiger partial charge in [0.2, 0.25) is 0 Å². The number of nitrogens with one attached hydrogen (secondary N) is 1. The number of hydrogen-bond donors (Lipinski definition) is 2. The number of rotatable bonds is 7. The summed E-state index contributed by atoms with van der Waals surface area (Å²) in [6, 6.07) is 6.11. The van der Waals surface area contributed by atoms with E-state index in [0.29, 0.717) is 25.3 Å². The average molecular weight is 235 g/mol. The minimum atomic E-state index is -0.169. The molecule has 1 amide bonds. The molecule has 92 valence electrons. The Balaban J connectivity index is 2.21. The van der Waals surface area contributed by atoms with E-state index >= 15 is 0 Å². The molecule has 17 heavy (non-hydrogen) atoms. The number of ether oxygens (including phenoxy) is 1. The van der Waals surface area contributed by atoms with E-state index in [1.165, 1.54) is 12.1 Å². The van der Waals surface area contributed by atoms with Gasteiger partial charge in [-0.3, -0.25) is 4.79 Å². The van der Waals surface area contributed by atoms with Crippen molar-refractivity contribution in [3.05, 3.63) is 42.5 Å². The predicted molar refractivity (Wildman–Crippen MR) is 66.1 cm³/mol. The first-order valence-electron chi connectivity index (χ1n) is 5.50. The summed E-state index contributed by atoms with van der Waals surface area (Å²) in [4.78, 5) is 11.6. The molecule has 0 bridgehead atoms. The lowest BCUT2D eigenvalue weighted by molar-refractivity contribution is 0.0918. The average Bonchev–Trinajstić information content (AvgIpc) is 2.34. The normalized spacial score (nSPS) is 9.88.